The molecule has 1 fully saturated rings. The van der Waals surface area contributed by atoms with Crippen LogP contribution in [0, 0.1) is 5.92 Å². The molecule has 2 heterocycles. The van der Waals surface area contributed by atoms with Crippen LogP contribution in [0.15, 0.2) is 53.3 Å². The fourth-order valence-electron chi connectivity index (χ4n) is 4.04. The first-order valence-electron chi connectivity index (χ1n) is 10.7. The van der Waals surface area contributed by atoms with Crippen molar-refractivity contribution in [3.63, 3.8) is 0 Å². The Labute approximate surface area is 185 Å². The Bertz CT molecular complexity index is 1210. The van der Waals surface area contributed by atoms with E-state index in [0.29, 0.717) is 54.7 Å². The summed E-state index contributed by atoms with van der Waals surface area (Å²) in [4.78, 5) is 40.4. The smallest absolute Gasteiger partial charge is 0.309 e. The molecule has 1 saturated heterocycles. The first-order chi connectivity index (χ1) is 15.5. The van der Waals surface area contributed by atoms with Crippen molar-refractivity contribution in [1.29, 1.82) is 0 Å². The van der Waals surface area contributed by atoms with Crippen molar-refractivity contribution in [2.75, 3.05) is 26.8 Å². The van der Waals surface area contributed by atoms with Crippen LogP contribution in [0.25, 0.3) is 16.5 Å². The highest BCUT2D eigenvalue weighted by molar-refractivity contribution is 6.05. The normalized spacial score (nSPS) is 14.4. The lowest BCUT2D eigenvalue weighted by Crippen LogP contribution is -2.41. The van der Waals surface area contributed by atoms with Crippen molar-refractivity contribution in [3.8, 4) is 11.4 Å². The molecule has 0 aliphatic carbocycles. The van der Waals surface area contributed by atoms with E-state index < -0.39 is 0 Å². The van der Waals surface area contributed by atoms with Gasteiger partial charge in [-0.2, -0.15) is 9.78 Å². The number of fused-ring (bicyclic) bond motifs is 1. The molecule has 8 heteroatoms. The number of piperidine rings is 1. The fraction of sp³-hybridized carbons (Fsp3) is 0.333. The van der Waals surface area contributed by atoms with E-state index in [1.165, 1.54) is 11.8 Å². The third-order valence-corrected chi connectivity index (χ3v) is 5.72. The summed E-state index contributed by atoms with van der Waals surface area (Å²) in [5.41, 5.74) is 0.323. The number of nitrogens with zero attached hydrogens (tertiary/aromatic N) is 3. The number of benzene rings is 2. The fourth-order valence-corrected chi connectivity index (χ4v) is 4.04. The Kier molecular flexibility index (Phi) is 6.20. The van der Waals surface area contributed by atoms with Crippen LogP contribution in [-0.2, 0) is 9.53 Å². The number of hydrogen-bond acceptors (Lipinski definition) is 6. The lowest BCUT2D eigenvalue weighted by Gasteiger charge is -2.31. The lowest BCUT2D eigenvalue weighted by atomic mass is 9.96. The summed E-state index contributed by atoms with van der Waals surface area (Å²) in [5.74, 6) is -0.211. The van der Waals surface area contributed by atoms with Gasteiger partial charge < -0.3 is 14.4 Å². The lowest BCUT2D eigenvalue weighted by molar-refractivity contribution is -0.149. The van der Waals surface area contributed by atoms with Gasteiger partial charge >= 0.3 is 5.97 Å². The van der Waals surface area contributed by atoms with E-state index in [4.69, 9.17) is 9.47 Å². The number of ether oxygens (including phenoxy) is 2. The second-order valence-electron chi connectivity index (χ2n) is 7.60. The van der Waals surface area contributed by atoms with Crippen molar-refractivity contribution in [3.05, 3.63) is 64.6 Å². The zero-order valence-electron chi connectivity index (χ0n) is 18.1. The van der Waals surface area contributed by atoms with Crippen molar-refractivity contribution in [1.82, 2.24) is 14.7 Å². The van der Waals surface area contributed by atoms with Crippen LogP contribution in [0.2, 0.25) is 0 Å². The van der Waals surface area contributed by atoms with Crippen LogP contribution >= 0.6 is 0 Å². The maximum absolute atomic E-state index is 13.5. The monoisotopic (exact) mass is 435 g/mol. The van der Waals surface area contributed by atoms with Gasteiger partial charge in [0, 0.05) is 18.5 Å². The Morgan fingerprint density at radius 2 is 1.69 bits per heavy atom. The molecule has 1 aliphatic heterocycles. The first-order valence-corrected chi connectivity index (χ1v) is 10.7. The van der Waals surface area contributed by atoms with Gasteiger partial charge in [0.15, 0.2) is 5.69 Å². The van der Waals surface area contributed by atoms with Crippen molar-refractivity contribution in [2.45, 2.75) is 19.8 Å². The van der Waals surface area contributed by atoms with Crippen LogP contribution < -0.4 is 10.3 Å². The van der Waals surface area contributed by atoms with Crippen molar-refractivity contribution < 1.29 is 19.1 Å². The molecule has 1 amide bonds. The van der Waals surface area contributed by atoms with Crippen LogP contribution in [0.5, 0.6) is 5.75 Å². The van der Waals surface area contributed by atoms with Gasteiger partial charge in [-0.15, -0.1) is 0 Å². The molecule has 32 heavy (non-hydrogen) atoms. The Morgan fingerprint density at radius 3 is 2.38 bits per heavy atom. The van der Waals surface area contributed by atoms with Crippen LogP contribution in [0.1, 0.15) is 30.3 Å². The van der Waals surface area contributed by atoms with E-state index in [0.717, 1.165) is 0 Å². The second-order valence-corrected chi connectivity index (χ2v) is 7.60. The second kappa shape index (κ2) is 9.21. The number of para-hydroxylation sites is 2. The molecule has 0 bridgehead atoms. The summed E-state index contributed by atoms with van der Waals surface area (Å²) in [6, 6.07) is 14.0. The number of rotatable bonds is 5. The summed E-state index contributed by atoms with van der Waals surface area (Å²) in [5, 5.41) is 5.38. The van der Waals surface area contributed by atoms with Gasteiger partial charge in [0.2, 0.25) is 0 Å². The van der Waals surface area contributed by atoms with E-state index >= 15 is 0 Å². The molecule has 2 aromatic carbocycles. The van der Waals surface area contributed by atoms with Gasteiger partial charge in [-0.05, 0) is 38.0 Å². The van der Waals surface area contributed by atoms with Crippen LogP contribution in [0.4, 0.5) is 0 Å². The van der Waals surface area contributed by atoms with Gasteiger partial charge in [-0.25, -0.2) is 0 Å². The Balaban J connectivity index is 1.73. The van der Waals surface area contributed by atoms with Crippen molar-refractivity contribution in [2.24, 2.45) is 5.92 Å². The highest BCUT2D eigenvalue weighted by Crippen LogP contribution is 2.24. The predicted octanol–water partition coefficient (Wildman–Crippen LogP) is 2.81. The number of esters is 1. The Morgan fingerprint density at radius 1 is 1.03 bits per heavy atom. The number of likely N-dealkylation sites (tertiary alicyclic amines) is 1. The molecule has 4 rings (SSSR count). The predicted molar refractivity (Wildman–Crippen MR) is 119 cm³/mol. The Hall–Kier alpha value is -3.68. The van der Waals surface area contributed by atoms with Gasteiger partial charge in [-0.3, -0.25) is 14.4 Å². The molecule has 0 N–H and O–H groups in total. The summed E-state index contributed by atoms with van der Waals surface area (Å²) in [6.07, 6.45) is 1.07. The van der Waals surface area contributed by atoms with Gasteiger partial charge in [0.1, 0.15) is 11.4 Å². The van der Waals surface area contributed by atoms with Gasteiger partial charge in [0.25, 0.3) is 11.5 Å². The quantitative estimate of drug-likeness (QED) is 0.573. The summed E-state index contributed by atoms with van der Waals surface area (Å²) < 4.78 is 11.7. The summed E-state index contributed by atoms with van der Waals surface area (Å²) >= 11 is 0. The maximum Gasteiger partial charge on any atom is 0.309 e. The molecule has 0 atom stereocenters. The third kappa shape index (κ3) is 3.95. The topological polar surface area (TPSA) is 90.7 Å². The minimum absolute atomic E-state index is 0.195. The molecule has 3 aromatic rings. The van der Waals surface area contributed by atoms with Crippen molar-refractivity contribution >= 4 is 22.6 Å². The van der Waals surface area contributed by atoms with E-state index in [-0.39, 0.29) is 29.0 Å². The number of hydrogen-bond donors (Lipinski definition) is 0. The SMILES string of the molecule is CCOC(=O)C1CCN(C(=O)c2nn(-c3ccccc3OC)c(=O)c3ccccc23)CC1. The average molecular weight is 435 g/mol. The largest absolute Gasteiger partial charge is 0.494 e. The van der Waals surface area contributed by atoms with Gasteiger partial charge in [-0.1, -0.05) is 30.3 Å². The minimum Gasteiger partial charge on any atom is -0.494 e. The zero-order valence-corrected chi connectivity index (χ0v) is 18.1. The molecule has 1 aliphatic rings. The molecule has 1 aromatic heterocycles. The molecular weight excluding hydrogens is 410 g/mol. The number of carbonyl (C=O) groups is 2. The summed E-state index contributed by atoms with van der Waals surface area (Å²) in [6.45, 7) is 2.97. The molecule has 166 valence electrons. The maximum atomic E-state index is 13.5. The zero-order chi connectivity index (χ0) is 22.7. The van der Waals surface area contributed by atoms with Crippen LogP contribution in [0.3, 0.4) is 0 Å². The minimum atomic E-state index is -0.331. The molecule has 8 nitrogen and oxygen atoms in total. The van der Waals surface area contributed by atoms with E-state index in [9.17, 15) is 14.4 Å². The highest BCUT2D eigenvalue weighted by Gasteiger charge is 2.30. The summed E-state index contributed by atoms with van der Waals surface area (Å²) in [7, 11) is 1.52. The van der Waals surface area contributed by atoms with E-state index in [2.05, 4.69) is 5.10 Å². The third-order valence-electron chi connectivity index (χ3n) is 5.72. The number of methoxy groups -OCH3 is 1. The standard InChI is InChI=1S/C24H25N3O5/c1-3-32-24(30)16-12-14-26(15-13-16)23(29)21-17-8-4-5-9-18(17)22(28)27(25-21)19-10-6-7-11-20(19)31-2/h4-11,16H,3,12-15H2,1-2H3. The molecule has 0 saturated carbocycles. The molecule has 0 unspecified atom stereocenters. The molecule has 0 spiro atoms. The first kappa shape index (κ1) is 21.5. The number of aromatic nitrogens is 2. The number of carbonyl (C=O) groups excluding carboxylic acids is 2. The van der Waals surface area contributed by atoms with E-state index in [1.54, 1.807) is 60.4 Å². The van der Waals surface area contributed by atoms with E-state index in [1.807, 2.05) is 0 Å². The van der Waals surface area contributed by atoms with Gasteiger partial charge in [0.05, 0.1) is 25.0 Å². The highest BCUT2D eigenvalue weighted by atomic mass is 16.5. The molecule has 0 radical (unpaired) electrons. The number of amides is 1. The average Bonchev–Trinajstić information content (AvgIpc) is 2.84. The van der Waals surface area contributed by atoms with Crippen LogP contribution in [-0.4, -0.2) is 53.4 Å². The molecular formula is C24H25N3O5.